The summed E-state index contributed by atoms with van der Waals surface area (Å²) in [6, 6.07) is -0.673. The van der Waals surface area contributed by atoms with E-state index < -0.39 is 39.9 Å². The third-order valence-corrected chi connectivity index (χ3v) is 6.18. The number of carbonyl (C=O) groups is 2. The highest BCUT2D eigenvalue weighted by molar-refractivity contribution is 8.01. The molecule has 1 aliphatic heterocycles. The Balaban J connectivity index is 2.71. The molecular weight excluding hydrogens is 308 g/mol. The van der Waals surface area contributed by atoms with E-state index in [2.05, 4.69) is 5.32 Å². The molecule has 2 atom stereocenters. The van der Waals surface area contributed by atoms with Crippen LogP contribution in [0, 0.1) is 0 Å². The van der Waals surface area contributed by atoms with E-state index in [1.165, 1.54) is 23.6 Å². The van der Waals surface area contributed by atoms with Gasteiger partial charge in [0.2, 0.25) is 0 Å². The number of aliphatic carboxylic acids is 1. The van der Waals surface area contributed by atoms with Gasteiger partial charge in [-0.15, -0.1) is 0 Å². The van der Waals surface area contributed by atoms with Crippen LogP contribution in [0.2, 0.25) is 0 Å². The van der Waals surface area contributed by atoms with Crippen LogP contribution in [0.3, 0.4) is 0 Å². The molecule has 1 saturated heterocycles. The molecule has 8 nitrogen and oxygen atoms in total. The molecule has 0 radical (unpaired) electrons. The van der Waals surface area contributed by atoms with E-state index in [1.54, 1.807) is 0 Å². The van der Waals surface area contributed by atoms with Crippen molar-refractivity contribution in [2.45, 2.75) is 18.4 Å². The van der Waals surface area contributed by atoms with Crippen LogP contribution in [-0.4, -0.2) is 77.4 Å². The van der Waals surface area contributed by atoms with Crippen molar-refractivity contribution < 1.29 is 28.2 Å². The van der Waals surface area contributed by atoms with Gasteiger partial charge in [-0.1, -0.05) is 6.92 Å². The van der Waals surface area contributed by atoms with Crippen LogP contribution in [0.25, 0.3) is 0 Å². The standard InChI is InChI=1S/C10H18N2O6S2/c1-2-20(17,18)8-6-19-4-3-12(8)10(16)11-5-7(13)9(14)15/h7-8,13H,2-6H2,1H3,(H,11,16)(H,14,15). The van der Waals surface area contributed by atoms with Gasteiger partial charge in [0, 0.05) is 23.8 Å². The Morgan fingerprint density at radius 2 is 2.15 bits per heavy atom. The number of aliphatic hydroxyl groups excluding tert-OH is 1. The van der Waals surface area contributed by atoms with Gasteiger partial charge in [0.25, 0.3) is 0 Å². The van der Waals surface area contributed by atoms with Gasteiger partial charge in [-0.2, -0.15) is 11.8 Å². The first-order valence-electron chi connectivity index (χ1n) is 6.04. The number of rotatable bonds is 5. The second-order valence-corrected chi connectivity index (χ2v) is 7.81. The molecule has 2 amide bonds. The Bertz CT molecular complexity index is 466. The predicted molar refractivity (Wildman–Crippen MR) is 74.3 cm³/mol. The molecule has 1 heterocycles. The van der Waals surface area contributed by atoms with Crippen molar-refractivity contribution in [3.05, 3.63) is 0 Å². The summed E-state index contributed by atoms with van der Waals surface area (Å²) in [5.74, 6) is -0.604. The molecule has 2 unspecified atom stereocenters. The Morgan fingerprint density at radius 3 is 2.70 bits per heavy atom. The number of carboxylic acids is 1. The van der Waals surface area contributed by atoms with Crippen molar-refractivity contribution in [3.63, 3.8) is 0 Å². The normalized spacial score (nSPS) is 21.3. The number of urea groups is 1. The molecule has 0 aromatic heterocycles. The topological polar surface area (TPSA) is 124 Å². The summed E-state index contributed by atoms with van der Waals surface area (Å²) in [6.45, 7) is 1.32. The number of carboxylic acid groups (broad SMARTS) is 1. The monoisotopic (exact) mass is 326 g/mol. The maximum atomic E-state index is 11.9. The fourth-order valence-corrected chi connectivity index (χ4v) is 4.64. The summed E-state index contributed by atoms with van der Waals surface area (Å²) in [4.78, 5) is 23.6. The molecule has 0 bridgehead atoms. The van der Waals surface area contributed by atoms with Gasteiger partial charge in [0.05, 0.1) is 6.54 Å². The summed E-state index contributed by atoms with van der Waals surface area (Å²) < 4.78 is 23.9. The number of carbonyl (C=O) groups excluding carboxylic acids is 1. The van der Waals surface area contributed by atoms with Crippen molar-refractivity contribution in [2.75, 3.05) is 30.3 Å². The number of hydrogen-bond acceptors (Lipinski definition) is 6. The van der Waals surface area contributed by atoms with Crippen LogP contribution in [-0.2, 0) is 14.6 Å². The highest BCUT2D eigenvalue weighted by atomic mass is 32.2. The molecule has 0 aromatic carbocycles. The third-order valence-electron chi connectivity index (χ3n) is 2.89. The van der Waals surface area contributed by atoms with Crippen molar-refractivity contribution in [1.82, 2.24) is 10.2 Å². The average Bonchev–Trinajstić information content (AvgIpc) is 2.44. The Hall–Kier alpha value is -1.00. The zero-order valence-corrected chi connectivity index (χ0v) is 12.6. The molecule has 10 heteroatoms. The van der Waals surface area contributed by atoms with E-state index in [1.807, 2.05) is 0 Å². The zero-order valence-electron chi connectivity index (χ0n) is 11.0. The van der Waals surface area contributed by atoms with E-state index in [4.69, 9.17) is 10.2 Å². The highest BCUT2D eigenvalue weighted by Crippen LogP contribution is 2.21. The SMILES string of the molecule is CCS(=O)(=O)C1CSCCN1C(=O)NCC(O)C(=O)O. The second-order valence-electron chi connectivity index (χ2n) is 4.21. The zero-order chi connectivity index (χ0) is 15.3. The van der Waals surface area contributed by atoms with Crippen LogP contribution in [0.1, 0.15) is 6.92 Å². The van der Waals surface area contributed by atoms with E-state index >= 15 is 0 Å². The van der Waals surface area contributed by atoms with Gasteiger partial charge in [0.1, 0.15) is 5.37 Å². The van der Waals surface area contributed by atoms with Gasteiger partial charge < -0.3 is 20.4 Å². The minimum absolute atomic E-state index is 0.0697. The molecule has 0 saturated carbocycles. The lowest BCUT2D eigenvalue weighted by Crippen LogP contribution is -2.55. The van der Waals surface area contributed by atoms with E-state index in [9.17, 15) is 18.0 Å². The van der Waals surface area contributed by atoms with Crippen molar-refractivity contribution in [1.29, 1.82) is 0 Å². The molecule has 0 aliphatic carbocycles. The molecule has 0 aromatic rings. The molecule has 116 valence electrons. The number of aliphatic hydroxyl groups is 1. The van der Waals surface area contributed by atoms with Gasteiger partial charge in [0.15, 0.2) is 15.9 Å². The highest BCUT2D eigenvalue weighted by Gasteiger charge is 2.35. The third kappa shape index (κ3) is 4.25. The minimum atomic E-state index is -3.40. The minimum Gasteiger partial charge on any atom is -0.479 e. The predicted octanol–water partition coefficient (Wildman–Crippen LogP) is -1.05. The number of sulfone groups is 1. The van der Waals surface area contributed by atoms with Gasteiger partial charge in [-0.05, 0) is 0 Å². The van der Waals surface area contributed by atoms with E-state index in [0.717, 1.165) is 0 Å². The fraction of sp³-hybridized carbons (Fsp3) is 0.800. The lowest BCUT2D eigenvalue weighted by molar-refractivity contribution is -0.146. The second kappa shape index (κ2) is 7.14. The van der Waals surface area contributed by atoms with Crippen LogP contribution in [0.4, 0.5) is 4.79 Å². The first-order chi connectivity index (χ1) is 9.29. The van der Waals surface area contributed by atoms with Crippen LogP contribution < -0.4 is 5.32 Å². The Labute approximate surface area is 121 Å². The molecule has 1 fully saturated rings. The average molecular weight is 326 g/mol. The molecule has 20 heavy (non-hydrogen) atoms. The van der Waals surface area contributed by atoms with E-state index in [-0.39, 0.29) is 12.3 Å². The summed E-state index contributed by atoms with van der Waals surface area (Å²) in [7, 11) is -3.40. The number of amides is 2. The lowest BCUT2D eigenvalue weighted by Gasteiger charge is -2.34. The van der Waals surface area contributed by atoms with Gasteiger partial charge >= 0.3 is 12.0 Å². The molecule has 1 rings (SSSR count). The number of thioether (sulfide) groups is 1. The largest absolute Gasteiger partial charge is 0.479 e. The van der Waals surface area contributed by atoms with Crippen LogP contribution in [0.5, 0.6) is 0 Å². The van der Waals surface area contributed by atoms with E-state index in [0.29, 0.717) is 11.5 Å². The van der Waals surface area contributed by atoms with Crippen molar-refractivity contribution in [2.24, 2.45) is 0 Å². The Morgan fingerprint density at radius 1 is 1.50 bits per heavy atom. The smallest absolute Gasteiger partial charge is 0.334 e. The number of nitrogens with one attached hydrogen (secondary N) is 1. The summed E-state index contributed by atoms with van der Waals surface area (Å²) in [5.41, 5.74) is 0. The molecule has 1 aliphatic rings. The maximum absolute atomic E-state index is 11.9. The maximum Gasteiger partial charge on any atom is 0.334 e. The van der Waals surface area contributed by atoms with Gasteiger partial charge in [-0.3, -0.25) is 0 Å². The first-order valence-corrected chi connectivity index (χ1v) is 8.91. The lowest BCUT2D eigenvalue weighted by atomic mass is 10.3. The first kappa shape index (κ1) is 17.1. The van der Waals surface area contributed by atoms with Crippen LogP contribution >= 0.6 is 11.8 Å². The quantitative estimate of drug-likeness (QED) is 0.589. The van der Waals surface area contributed by atoms with Crippen molar-refractivity contribution in [3.8, 4) is 0 Å². The van der Waals surface area contributed by atoms with Gasteiger partial charge in [-0.25, -0.2) is 18.0 Å². The summed E-state index contributed by atoms with van der Waals surface area (Å²) in [6.07, 6.45) is -1.71. The molecule has 0 spiro atoms. The Kier molecular flexibility index (Phi) is 6.08. The number of hydrogen-bond donors (Lipinski definition) is 3. The summed E-state index contributed by atoms with van der Waals surface area (Å²) in [5, 5.41) is 18.9. The molecular formula is C10H18N2O6S2. The summed E-state index contributed by atoms with van der Waals surface area (Å²) >= 11 is 1.45. The number of nitrogens with zero attached hydrogens (tertiary/aromatic N) is 1. The van der Waals surface area contributed by atoms with Crippen molar-refractivity contribution >= 4 is 33.6 Å². The fourth-order valence-electron chi connectivity index (χ4n) is 1.68. The molecule has 3 N–H and O–H groups in total. The van der Waals surface area contributed by atoms with Crippen LogP contribution in [0.15, 0.2) is 0 Å².